The summed E-state index contributed by atoms with van der Waals surface area (Å²) in [5.41, 5.74) is 1.06. The van der Waals surface area contributed by atoms with E-state index in [-0.39, 0.29) is 10.6 Å². The Labute approximate surface area is 120 Å². The number of rotatable bonds is 5. The van der Waals surface area contributed by atoms with Crippen molar-refractivity contribution in [3.63, 3.8) is 0 Å². The summed E-state index contributed by atoms with van der Waals surface area (Å²) in [6.07, 6.45) is 4.51. The first-order valence-electron chi connectivity index (χ1n) is 7.53. The minimum Gasteiger partial charge on any atom is -0.313 e. The second-order valence-electron chi connectivity index (χ2n) is 6.09. The molecule has 1 saturated carbocycles. The van der Waals surface area contributed by atoms with Gasteiger partial charge in [0.1, 0.15) is 0 Å². The first-order chi connectivity index (χ1) is 9.58. The molecule has 0 aromatic heterocycles. The predicted molar refractivity (Wildman–Crippen MR) is 80.8 cm³/mol. The minimum atomic E-state index is -0.291. The SMILES string of the molecule is CC1CCC(NCCc2ccccc2[N+](=O)[O-])C(C)C1. The molecule has 0 heterocycles. The number of benzene rings is 1. The van der Waals surface area contributed by atoms with Gasteiger partial charge in [-0.2, -0.15) is 0 Å². The number of nitrogens with one attached hydrogen (secondary N) is 1. The number of nitro benzene ring substituents is 1. The lowest BCUT2D eigenvalue weighted by molar-refractivity contribution is -0.385. The Morgan fingerprint density at radius 2 is 2.05 bits per heavy atom. The highest BCUT2D eigenvalue weighted by atomic mass is 16.6. The molecule has 1 aromatic carbocycles. The van der Waals surface area contributed by atoms with Gasteiger partial charge in [0.15, 0.2) is 0 Å². The Morgan fingerprint density at radius 1 is 1.30 bits per heavy atom. The second kappa shape index (κ2) is 6.84. The maximum absolute atomic E-state index is 11.0. The van der Waals surface area contributed by atoms with Gasteiger partial charge in [-0.15, -0.1) is 0 Å². The topological polar surface area (TPSA) is 55.2 Å². The van der Waals surface area contributed by atoms with E-state index in [4.69, 9.17) is 0 Å². The summed E-state index contributed by atoms with van der Waals surface area (Å²) in [5.74, 6) is 1.53. The molecule has 3 atom stereocenters. The quantitative estimate of drug-likeness (QED) is 0.661. The number of para-hydroxylation sites is 1. The van der Waals surface area contributed by atoms with E-state index in [2.05, 4.69) is 19.2 Å². The van der Waals surface area contributed by atoms with E-state index < -0.39 is 0 Å². The maximum Gasteiger partial charge on any atom is 0.272 e. The zero-order chi connectivity index (χ0) is 14.5. The largest absolute Gasteiger partial charge is 0.313 e. The standard InChI is InChI=1S/C16H24N2O2/c1-12-7-8-15(13(2)11-12)17-10-9-14-5-3-4-6-16(14)18(19)20/h3-6,12-13,15,17H,7-11H2,1-2H3. The van der Waals surface area contributed by atoms with Gasteiger partial charge in [-0.1, -0.05) is 32.0 Å². The zero-order valence-electron chi connectivity index (χ0n) is 12.3. The van der Waals surface area contributed by atoms with Crippen LogP contribution in [0.1, 0.15) is 38.7 Å². The fourth-order valence-electron chi connectivity index (χ4n) is 3.26. The molecule has 2 rings (SSSR count). The van der Waals surface area contributed by atoms with Gasteiger partial charge in [0.25, 0.3) is 5.69 Å². The van der Waals surface area contributed by atoms with Crippen LogP contribution in [0.2, 0.25) is 0 Å². The van der Waals surface area contributed by atoms with Gasteiger partial charge in [0.05, 0.1) is 4.92 Å². The summed E-state index contributed by atoms with van der Waals surface area (Å²) >= 11 is 0. The van der Waals surface area contributed by atoms with Gasteiger partial charge in [-0.05, 0) is 44.1 Å². The van der Waals surface area contributed by atoms with Crippen LogP contribution in [0.5, 0.6) is 0 Å². The molecule has 0 spiro atoms. The van der Waals surface area contributed by atoms with Crippen molar-refractivity contribution >= 4 is 5.69 Å². The molecule has 1 aromatic rings. The third-order valence-corrected chi connectivity index (χ3v) is 4.42. The third kappa shape index (κ3) is 3.79. The summed E-state index contributed by atoms with van der Waals surface area (Å²) in [5, 5.41) is 14.5. The van der Waals surface area contributed by atoms with Crippen LogP contribution in [0.4, 0.5) is 5.69 Å². The lowest BCUT2D eigenvalue weighted by Gasteiger charge is -2.33. The van der Waals surface area contributed by atoms with E-state index in [9.17, 15) is 10.1 Å². The molecule has 1 aliphatic carbocycles. The Morgan fingerprint density at radius 3 is 2.75 bits per heavy atom. The number of nitro groups is 1. The molecular weight excluding hydrogens is 252 g/mol. The van der Waals surface area contributed by atoms with E-state index in [1.807, 2.05) is 12.1 Å². The predicted octanol–water partition coefficient (Wildman–Crippen LogP) is 3.55. The van der Waals surface area contributed by atoms with Crippen molar-refractivity contribution < 1.29 is 4.92 Å². The zero-order valence-corrected chi connectivity index (χ0v) is 12.3. The van der Waals surface area contributed by atoms with Crippen molar-refractivity contribution in [2.45, 2.75) is 45.6 Å². The number of hydrogen-bond donors (Lipinski definition) is 1. The Bertz CT molecular complexity index is 462. The van der Waals surface area contributed by atoms with Crippen LogP contribution >= 0.6 is 0 Å². The monoisotopic (exact) mass is 276 g/mol. The van der Waals surface area contributed by atoms with Gasteiger partial charge >= 0.3 is 0 Å². The average Bonchev–Trinajstić information content (AvgIpc) is 2.41. The van der Waals surface area contributed by atoms with E-state index in [0.717, 1.165) is 24.4 Å². The number of hydrogen-bond acceptors (Lipinski definition) is 3. The van der Waals surface area contributed by atoms with Crippen molar-refractivity contribution in [3.8, 4) is 0 Å². The summed E-state index contributed by atoms with van der Waals surface area (Å²) in [6.45, 7) is 5.44. The summed E-state index contributed by atoms with van der Waals surface area (Å²) < 4.78 is 0. The molecule has 0 saturated heterocycles. The molecular formula is C16H24N2O2. The fraction of sp³-hybridized carbons (Fsp3) is 0.625. The maximum atomic E-state index is 11.0. The molecule has 110 valence electrons. The molecule has 0 radical (unpaired) electrons. The first kappa shape index (κ1) is 15.0. The fourth-order valence-corrected chi connectivity index (χ4v) is 3.26. The van der Waals surface area contributed by atoms with Gasteiger partial charge in [0.2, 0.25) is 0 Å². The van der Waals surface area contributed by atoms with Crippen molar-refractivity contribution in [1.82, 2.24) is 5.32 Å². The molecule has 0 aliphatic heterocycles. The van der Waals surface area contributed by atoms with E-state index in [1.165, 1.54) is 19.3 Å². The molecule has 0 bridgehead atoms. The van der Waals surface area contributed by atoms with Crippen LogP contribution in [0.25, 0.3) is 0 Å². The molecule has 4 nitrogen and oxygen atoms in total. The van der Waals surface area contributed by atoms with Gasteiger partial charge in [-0.25, -0.2) is 0 Å². The summed E-state index contributed by atoms with van der Waals surface area (Å²) in [7, 11) is 0. The molecule has 1 aliphatic rings. The highest BCUT2D eigenvalue weighted by molar-refractivity contribution is 5.39. The van der Waals surface area contributed by atoms with Crippen molar-refractivity contribution in [2.75, 3.05) is 6.54 Å². The Balaban J connectivity index is 1.86. The van der Waals surface area contributed by atoms with E-state index >= 15 is 0 Å². The van der Waals surface area contributed by atoms with Crippen LogP contribution in [-0.2, 0) is 6.42 Å². The molecule has 0 amide bonds. The molecule has 1 fully saturated rings. The van der Waals surface area contributed by atoms with Crippen LogP contribution in [-0.4, -0.2) is 17.5 Å². The molecule has 4 heteroatoms. The molecule has 3 unspecified atom stereocenters. The van der Waals surface area contributed by atoms with Crippen LogP contribution in [0, 0.1) is 22.0 Å². The number of nitrogens with zero attached hydrogens (tertiary/aromatic N) is 1. The Kier molecular flexibility index (Phi) is 5.12. The lowest BCUT2D eigenvalue weighted by Crippen LogP contribution is -2.39. The van der Waals surface area contributed by atoms with Crippen molar-refractivity contribution in [3.05, 3.63) is 39.9 Å². The highest BCUT2D eigenvalue weighted by Gasteiger charge is 2.24. The smallest absolute Gasteiger partial charge is 0.272 e. The van der Waals surface area contributed by atoms with Crippen LogP contribution < -0.4 is 5.32 Å². The van der Waals surface area contributed by atoms with Crippen LogP contribution in [0.15, 0.2) is 24.3 Å². The summed E-state index contributed by atoms with van der Waals surface area (Å²) in [4.78, 5) is 10.7. The highest BCUT2D eigenvalue weighted by Crippen LogP contribution is 2.28. The second-order valence-corrected chi connectivity index (χ2v) is 6.09. The third-order valence-electron chi connectivity index (χ3n) is 4.42. The molecule has 20 heavy (non-hydrogen) atoms. The normalized spacial score (nSPS) is 26.4. The lowest BCUT2D eigenvalue weighted by atomic mass is 9.80. The van der Waals surface area contributed by atoms with Gasteiger partial charge in [0, 0.05) is 17.7 Å². The van der Waals surface area contributed by atoms with Gasteiger partial charge in [-0.3, -0.25) is 10.1 Å². The van der Waals surface area contributed by atoms with E-state index in [0.29, 0.717) is 12.0 Å². The minimum absolute atomic E-state index is 0.236. The first-order valence-corrected chi connectivity index (χ1v) is 7.53. The van der Waals surface area contributed by atoms with Crippen molar-refractivity contribution in [2.24, 2.45) is 11.8 Å². The van der Waals surface area contributed by atoms with Crippen LogP contribution in [0.3, 0.4) is 0 Å². The summed E-state index contributed by atoms with van der Waals surface area (Å²) in [6, 6.07) is 7.59. The van der Waals surface area contributed by atoms with E-state index in [1.54, 1.807) is 12.1 Å². The van der Waals surface area contributed by atoms with Crippen molar-refractivity contribution in [1.29, 1.82) is 0 Å². The van der Waals surface area contributed by atoms with Gasteiger partial charge < -0.3 is 5.32 Å². The Hall–Kier alpha value is -1.42. The molecule has 1 N–H and O–H groups in total. The average molecular weight is 276 g/mol.